The average molecular weight is 214 g/mol. The molecule has 0 spiro atoms. The molecule has 0 aliphatic rings. The average Bonchev–Trinajstić information content (AvgIpc) is 2.08. The summed E-state index contributed by atoms with van der Waals surface area (Å²) in [5.74, 6) is 1.21. The first kappa shape index (κ1) is 13.8. The van der Waals surface area contributed by atoms with Crippen LogP contribution >= 0.6 is 0 Å². The van der Waals surface area contributed by atoms with Gasteiger partial charge in [0.2, 0.25) is 8.32 Å². The molecule has 1 nitrogen and oxygen atoms in total. The van der Waals surface area contributed by atoms with Crippen molar-refractivity contribution < 1.29 is 4.43 Å². The van der Waals surface area contributed by atoms with Crippen molar-refractivity contribution in [3.05, 3.63) is 11.8 Å². The number of hydrogen-bond donors (Lipinski definition) is 0. The molecule has 0 aromatic carbocycles. The van der Waals surface area contributed by atoms with Crippen LogP contribution in [0.25, 0.3) is 0 Å². The molecule has 0 heterocycles. The summed E-state index contributed by atoms with van der Waals surface area (Å²) in [7, 11) is -1.38. The van der Waals surface area contributed by atoms with Crippen LogP contribution in [0, 0.1) is 0 Å². The van der Waals surface area contributed by atoms with E-state index in [0.717, 1.165) is 6.42 Å². The molecule has 0 aliphatic heterocycles. The summed E-state index contributed by atoms with van der Waals surface area (Å²) >= 11 is 0. The highest BCUT2D eigenvalue weighted by molar-refractivity contribution is 6.70. The van der Waals surface area contributed by atoms with Gasteiger partial charge in [-0.25, -0.2) is 0 Å². The highest BCUT2D eigenvalue weighted by Gasteiger charge is 2.16. The van der Waals surface area contributed by atoms with Gasteiger partial charge in [0.25, 0.3) is 0 Å². The fourth-order valence-electron chi connectivity index (χ4n) is 1.31. The molecule has 2 heteroatoms. The highest BCUT2D eigenvalue weighted by Crippen LogP contribution is 2.14. The van der Waals surface area contributed by atoms with Crippen molar-refractivity contribution in [2.75, 3.05) is 0 Å². The van der Waals surface area contributed by atoms with E-state index in [0.29, 0.717) is 0 Å². The van der Waals surface area contributed by atoms with Gasteiger partial charge in [0.1, 0.15) is 0 Å². The predicted octanol–water partition coefficient (Wildman–Crippen LogP) is 4.71. The maximum Gasteiger partial charge on any atom is 0.241 e. The van der Waals surface area contributed by atoms with Crippen LogP contribution in [-0.4, -0.2) is 8.32 Å². The van der Waals surface area contributed by atoms with Crippen molar-refractivity contribution in [2.45, 2.75) is 65.6 Å². The van der Waals surface area contributed by atoms with E-state index < -0.39 is 8.32 Å². The first-order chi connectivity index (χ1) is 6.49. The molecule has 0 rings (SSSR count). The van der Waals surface area contributed by atoms with Crippen molar-refractivity contribution >= 4 is 8.32 Å². The maximum atomic E-state index is 5.97. The van der Waals surface area contributed by atoms with Crippen LogP contribution in [0.5, 0.6) is 0 Å². The number of allylic oxidation sites excluding steroid dienone is 2. The Bertz CT molecular complexity index is 168. The molecule has 0 aliphatic carbocycles. The molecule has 0 amide bonds. The van der Waals surface area contributed by atoms with Crippen LogP contribution in [0.15, 0.2) is 11.8 Å². The third-order valence-corrected chi connectivity index (χ3v) is 2.84. The first-order valence-corrected chi connectivity index (χ1v) is 9.28. The standard InChI is InChI=1S/C12H26OSi/c1-6-8-9-10-11-12(7-2)13-14(3,4)5/h11H,6-10H2,1-5H3/b12-11+. The molecule has 0 saturated carbocycles. The zero-order chi connectivity index (χ0) is 11.0. The Morgan fingerprint density at radius 2 is 1.79 bits per heavy atom. The van der Waals surface area contributed by atoms with Gasteiger partial charge in [-0.15, -0.1) is 0 Å². The largest absolute Gasteiger partial charge is 0.548 e. The Hall–Kier alpha value is -0.243. The van der Waals surface area contributed by atoms with E-state index in [2.05, 4.69) is 39.6 Å². The molecular formula is C12H26OSi. The van der Waals surface area contributed by atoms with E-state index in [1.165, 1.54) is 31.4 Å². The minimum Gasteiger partial charge on any atom is -0.548 e. The van der Waals surface area contributed by atoms with Crippen LogP contribution in [0.1, 0.15) is 46.0 Å². The molecule has 84 valence electrons. The summed E-state index contributed by atoms with van der Waals surface area (Å²) in [6.45, 7) is 11.1. The maximum absolute atomic E-state index is 5.97. The van der Waals surface area contributed by atoms with Gasteiger partial charge in [-0.05, 0) is 38.6 Å². The van der Waals surface area contributed by atoms with Crippen LogP contribution in [0.2, 0.25) is 19.6 Å². The summed E-state index contributed by atoms with van der Waals surface area (Å²) in [6.07, 6.45) is 8.44. The van der Waals surface area contributed by atoms with E-state index in [1.54, 1.807) is 0 Å². The summed E-state index contributed by atoms with van der Waals surface area (Å²) in [6, 6.07) is 0. The van der Waals surface area contributed by atoms with Crippen molar-refractivity contribution in [2.24, 2.45) is 0 Å². The lowest BCUT2D eigenvalue weighted by Gasteiger charge is -2.21. The van der Waals surface area contributed by atoms with Gasteiger partial charge < -0.3 is 4.43 Å². The molecule has 0 fully saturated rings. The second-order valence-corrected chi connectivity index (χ2v) is 9.16. The van der Waals surface area contributed by atoms with Crippen LogP contribution in [-0.2, 0) is 4.43 Å². The van der Waals surface area contributed by atoms with Gasteiger partial charge in [0, 0.05) is 6.42 Å². The fraction of sp³-hybridized carbons (Fsp3) is 0.833. The summed E-state index contributed by atoms with van der Waals surface area (Å²) < 4.78 is 5.97. The first-order valence-electron chi connectivity index (χ1n) is 5.87. The fourth-order valence-corrected chi connectivity index (χ4v) is 2.32. The lowest BCUT2D eigenvalue weighted by atomic mass is 10.2. The summed E-state index contributed by atoms with van der Waals surface area (Å²) in [5.41, 5.74) is 0. The van der Waals surface area contributed by atoms with E-state index in [9.17, 15) is 0 Å². The molecule has 0 aromatic rings. The second kappa shape index (κ2) is 7.10. The molecule has 0 aromatic heterocycles. The minimum absolute atomic E-state index is 1.04. The molecule has 14 heavy (non-hydrogen) atoms. The Morgan fingerprint density at radius 3 is 2.21 bits per heavy atom. The van der Waals surface area contributed by atoms with Crippen molar-refractivity contribution in [1.82, 2.24) is 0 Å². The summed E-state index contributed by atoms with van der Waals surface area (Å²) in [4.78, 5) is 0. The Kier molecular flexibility index (Phi) is 6.98. The van der Waals surface area contributed by atoms with Crippen LogP contribution in [0.3, 0.4) is 0 Å². The number of unbranched alkanes of at least 4 members (excludes halogenated alkanes) is 3. The molecule has 0 N–H and O–H groups in total. The van der Waals surface area contributed by atoms with E-state index in [4.69, 9.17) is 4.43 Å². The van der Waals surface area contributed by atoms with E-state index in [-0.39, 0.29) is 0 Å². The molecule has 0 bridgehead atoms. The minimum atomic E-state index is -1.38. The SMILES string of the molecule is CCCCC/C=C(\CC)O[Si](C)(C)C. The molecule has 0 saturated heterocycles. The van der Waals surface area contributed by atoms with Gasteiger partial charge >= 0.3 is 0 Å². The van der Waals surface area contributed by atoms with Crippen molar-refractivity contribution in [3.8, 4) is 0 Å². The Labute approximate surface area is 90.7 Å². The Balaban J connectivity index is 3.87. The van der Waals surface area contributed by atoms with Gasteiger partial charge in [-0.2, -0.15) is 0 Å². The lowest BCUT2D eigenvalue weighted by Crippen LogP contribution is -2.24. The Morgan fingerprint density at radius 1 is 1.14 bits per heavy atom. The molecular weight excluding hydrogens is 188 g/mol. The topological polar surface area (TPSA) is 9.23 Å². The third kappa shape index (κ3) is 8.36. The van der Waals surface area contributed by atoms with Gasteiger partial charge in [0.15, 0.2) is 0 Å². The zero-order valence-electron chi connectivity index (χ0n) is 10.5. The van der Waals surface area contributed by atoms with Crippen LogP contribution < -0.4 is 0 Å². The quantitative estimate of drug-likeness (QED) is 0.339. The van der Waals surface area contributed by atoms with E-state index in [1.807, 2.05) is 0 Å². The molecule has 0 unspecified atom stereocenters. The zero-order valence-corrected chi connectivity index (χ0v) is 11.5. The lowest BCUT2D eigenvalue weighted by molar-refractivity contribution is 0.402. The summed E-state index contributed by atoms with van der Waals surface area (Å²) in [5, 5.41) is 0. The molecule has 0 radical (unpaired) electrons. The predicted molar refractivity (Wildman–Crippen MR) is 66.9 cm³/mol. The van der Waals surface area contributed by atoms with Crippen LogP contribution in [0.4, 0.5) is 0 Å². The highest BCUT2D eigenvalue weighted by atomic mass is 28.4. The number of hydrogen-bond acceptors (Lipinski definition) is 1. The second-order valence-electron chi connectivity index (χ2n) is 4.73. The normalized spacial score (nSPS) is 13.1. The number of rotatable bonds is 7. The van der Waals surface area contributed by atoms with Gasteiger partial charge in [0.05, 0.1) is 5.76 Å². The molecule has 0 atom stereocenters. The van der Waals surface area contributed by atoms with Crippen molar-refractivity contribution in [3.63, 3.8) is 0 Å². The van der Waals surface area contributed by atoms with Gasteiger partial charge in [-0.1, -0.05) is 26.7 Å². The van der Waals surface area contributed by atoms with Crippen molar-refractivity contribution in [1.29, 1.82) is 0 Å². The van der Waals surface area contributed by atoms with E-state index >= 15 is 0 Å². The third-order valence-electron chi connectivity index (χ3n) is 1.97. The van der Waals surface area contributed by atoms with Gasteiger partial charge in [-0.3, -0.25) is 0 Å². The smallest absolute Gasteiger partial charge is 0.241 e. The monoisotopic (exact) mass is 214 g/mol.